The number of ether oxygens (including phenoxy) is 1. The van der Waals surface area contributed by atoms with Gasteiger partial charge in [0, 0.05) is 17.5 Å². The number of benzene rings is 1. The van der Waals surface area contributed by atoms with Crippen molar-refractivity contribution in [2.75, 3.05) is 7.11 Å². The predicted molar refractivity (Wildman–Crippen MR) is 77.8 cm³/mol. The Morgan fingerprint density at radius 2 is 2.00 bits per heavy atom. The van der Waals surface area contributed by atoms with Gasteiger partial charge in [-0.05, 0) is 18.2 Å². The highest BCUT2D eigenvalue weighted by molar-refractivity contribution is 6.29. The summed E-state index contributed by atoms with van der Waals surface area (Å²) in [5, 5.41) is 9.40. The van der Waals surface area contributed by atoms with E-state index in [1.165, 1.54) is 0 Å². The molecule has 0 radical (unpaired) electrons. The van der Waals surface area contributed by atoms with Gasteiger partial charge in [0.2, 0.25) is 0 Å². The lowest BCUT2D eigenvalue weighted by atomic mass is 10.1. The average Bonchev–Trinajstić information content (AvgIpc) is 2.45. The summed E-state index contributed by atoms with van der Waals surface area (Å²) in [4.78, 5) is 8.71. The van der Waals surface area contributed by atoms with E-state index in [0.717, 1.165) is 5.56 Å². The lowest BCUT2D eigenvalue weighted by Gasteiger charge is -2.11. The number of nitriles is 1. The molecule has 0 fully saturated rings. The Morgan fingerprint density at radius 3 is 2.60 bits per heavy atom. The molecule has 0 bridgehead atoms. The molecular formula is C15H14ClN3O. The smallest absolute Gasteiger partial charge is 0.133 e. The molecule has 102 valence electrons. The molecule has 20 heavy (non-hydrogen) atoms. The summed E-state index contributed by atoms with van der Waals surface area (Å²) < 4.78 is 5.33. The number of rotatable bonds is 3. The van der Waals surface area contributed by atoms with Crippen LogP contribution in [0.15, 0.2) is 24.3 Å². The summed E-state index contributed by atoms with van der Waals surface area (Å²) in [5.74, 6) is 1.47. The maximum atomic E-state index is 9.02. The fourth-order valence-electron chi connectivity index (χ4n) is 1.81. The Balaban J connectivity index is 2.64. The molecule has 0 aliphatic rings. The van der Waals surface area contributed by atoms with Crippen molar-refractivity contribution in [1.29, 1.82) is 5.26 Å². The maximum absolute atomic E-state index is 9.02. The van der Waals surface area contributed by atoms with Gasteiger partial charge in [0.15, 0.2) is 0 Å². The number of hydrogen-bond acceptors (Lipinski definition) is 4. The molecule has 0 aliphatic heterocycles. The van der Waals surface area contributed by atoms with E-state index in [0.29, 0.717) is 28.0 Å². The van der Waals surface area contributed by atoms with Crippen LogP contribution in [0.2, 0.25) is 5.15 Å². The third-order valence-electron chi connectivity index (χ3n) is 2.83. The van der Waals surface area contributed by atoms with Crippen LogP contribution in [0, 0.1) is 11.3 Å². The summed E-state index contributed by atoms with van der Waals surface area (Å²) in [7, 11) is 1.58. The van der Waals surface area contributed by atoms with E-state index in [4.69, 9.17) is 21.6 Å². The van der Waals surface area contributed by atoms with E-state index >= 15 is 0 Å². The fraction of sp³-hybridized carbons (Fsp3) is 0.267. The van der Waals surface area contributed by atoms with E-state index in [-0.39, 0.29) is 5.92 Å². The largest absolute Gasteiger partial charge is 0.496 e. The summed E-state index contributed by atoms with van der Waals surface area (Å²) in [6, 6.07) is 8.97. The van der Waals surface area contributed by atoms with Crippen LogP contribution < -0.4 is 4.74 Å². The highest BCUT2D eigenvalue weighted by atomic mass is 35.5. The molecule has 0 aliphatic carbocycles. The number of aromatic nitrogens is 2. The van der Waals surface area contributed by atoms with Gasteiger partial charge in [0.1, 0.15) is 16.7 Å². The molecule has 0 spiro atoms. The van der Waals surface area contributed by atoms with Crippen molar-refractivity contribution in [2.45, 2.75) is 19.8 Å². The lowest BCUT2D eigenvalue weighted by molar-refractivity contribution is 0.416. The second-order valence-corrected chi connectivity index (χ2v) is 5.00. The summed E-state index contributed by atoms with van der Waals surface area (Å²) in [6.07, 6.45) is 0. The Bertz CT molecular complexity index is 677. The number of nitrogens with zero attached hydrogens (tertiary/aromatic N) is 3. The van der Waals surface area contributed by atoms with Gasteiger partial charge >= 0.3 is 0 Å². The van der Waals surface area contributed by atoms with E-state index in [9.17, 15) is 0 Å². The van der Waals surface area contributed by atoms with Crippen LogP contribution in [0.4, 0.5) is 0 Å². The third kappa shape index (κ3) is 2.89. The Morgan fingerprint density at radius 1 is 1.25 bits per heavy atom. The minimum atomic E-state index is 0.164. The van der Waals surface area contributed by atoms with Crippen LogP contribution in [0.5, 0.6) is 5.75 Å². The zero-order valence-corrected chi connectivity index (χ0v) is 12.3. The highest BCUT2D eigenvalue weighted by Gasteiger charge is 2.13. The first-order chi connectivity index (χ1) is 9.55. The van der Waals surface area contributed by atoms with Crippen LogP contribution in [0.1, 0.15) is 31.2 Å². The van der Waals surface area contributed by atoms with Crippen molar-refractivity contribution in [2.24, 2.45) is 0 Å². The monoisotopic (exact) mass is 287 g/mol. The van der Waals surface area contributed by atoms with Crippen LogP contribution in [0.3, 0.4) is 0 Å². The molecule has 0 amide bonds. The molecule has 4 nitrogen and oxygen atoms in total. The molecule has 0 saturated heterocycles. The van der Waals surface area contributed by atoms with Gasteiger partial charge < -0.3 is 4.74 Å². The second kappa shape index (κ2) is 5.89. The molecule has 2 rings (SSSR count). The lowest BCUT2D eigenvalue weighted by Crippen LogP contribution is -2.00. The maximum Gasteiger partial charge on any atom is 0.133 e. The van der Waals surface area contributed by atoms with Crippen LogP contribution in [-0.4, -0.2) is 17.1 Å². The third-order valence-corrected chi connectivity index (χ3v) is 3.03. The van der Waals surface area contributed by atoms with Gasteiger partial charge in [-0.15, -0.1) is 0 Å². The van der Waals surface area contributed by atoms with Gasteiger partial charge in [0.25, 0.3) is 0 Å². The van der Waals surface area contributed by atoms with E-state index in [1.54, 1.807) is 31.4 Å². The molecule has 1 heterocycles. The second-order valence-electron chi connectivity index (χ2n) is 4.62. The van der Waals surface area contributed by atoms with E-state index < -0.39 is 0 Å². The van der Waals surface area contributed by atoms with Gasteiger partial charge in [-0.3, -0.25) is 0 Å². The standard InChI is InChI=1S/C15H14ClN3O/c1-9(2)15-18-12(7-14(16)19-15)11-6-10(8-17)4-5-13(11)20-3/h4-7,9H,1-3H3. The van der Waals surface area contributed by atoms with Gasteiger partial charge in [-0.25, -0.2) is 9.97 Å². The molecule has 1 aromatic heterocycles. The molecule has 0 unspecified atom stereocenters. The van der Waals surface area contributed by atoms with Gasteiger partial charge in [-0.2, -0.15) is 5.26 Å². The highest BCUT2D eigenvalue weighted by Crippen LogP contribution is 2.31. The normalized spacial score (nSPS) is 10.4. The molecule has 0 atom stereocenters. The zero-order chi connectivity index (χ0) is 14.7. The number of methoxy groups -OCH3 is 1. The first kappa shape index (κ1) is 14.3. The van der Waals surface area contributed by atoms with Crippen molar-refractivity contribution in [3.05, 3.63) is 40.8 Å². The quantitative estimate of drug-likeness (QED) is 0.806. The van der Waals surface area contributed by atoms with Gasteiger partial charge in [-0.1, -0.05) is 25.4 Å². The minimum Gasteiger partial charge on any atom is -0.496 e. The molecule has 5 heteroatoms. The van der Waals surface area contributed by atoms with Gasteiger partial charge in [0.05, 0.1) is 24.4 Å². The van der Waals surface area contributed by atoms with Crippen LogP contribution >= 0.6 is 11.6 Å². The van der Waals surface area contributed by atoms with Crippen LogP contribution in [0.25, 0.3) is 11.3 Å². The number of hydrogen-bond donors (Lipinski definition) is 0. The van der Waals surface area contributed by atoms with Crippen molar-refractivity contribution in [1.82, 2.24) is 9.97 Å². The molecule has 0 saturated carbocycles. The van der Waals surface area contributed by atoms with Crippen molar-refractivity contribution in [3.8, 4) is 23.1 Å². The molecule has 1 aromatic carbocycles. The molecule has 2 aromatic rings. The van der Waals surface area contributed by atoms with Crippen LogP contribution in [-0.2, 0) is 0 Å². The summed E-state index contributed by atoms with van der Waals surface area (Å²) >= 11 is 6.06. The summed E-state index contributed by atoms with van der Waals surface area (Å²) in [5.41, 5.74) is 1.93. The molecular weight excluding hydrogens is 274 g/mol. The molecule has 0 N–H and O–H groups in total. The first-order valence-corrected chi connectivity index (χ1v) is 6.56. The minimum absolute atomic E-state index is 0.164. The van der Waals surface area contributed by atoms with E-state index in [1.807, 2.05) is 13.8 Å². The zero-order valence-electron chi connectivity index (χ0n) is 11.5. The predicted octanol–water partition coefficient (Wildman–Crippen LogP) is 3.80. The fourth-order valence-corrected chi connectivity index (χ4v) is 2.00. The Kier molecular flexibility index (Phi) is 4.21. The Labute approximate surface area is 123 Å². The van der Waals surface area contributed by atoms with Crippen molar-refractivity contribution >= 4 is 11.6 Å². The Hall–Kier alpha value is -2.12. The van der Waals surface area contributed by atoms with Crippen molar-refractivity contribution < 1.29 is 4.74 Å². The first-order valence-electron chi connectivity index (χ1n) is 6.18. The average molecular weight is 288 g/mol. The summed E-state index contributed by atoms with van der Waals surface area (Å²) in [6.45, 7) is 4.00. The number of halogens is 1. The topological polar surface area (TPSA) is 58.8 Å². The SMILES string of the molecule is COc1ccc(C#N)cc1-c1cc(Cl)nc(C(C)C)n1. The van der Waals surface area contributed by atoms with E-state index in [2.05, 4.69) is 16.0 Å². The van der Waals surface area contributed by atoms with Crippen molar-refractivity contribution in [3.63, 3.8) is 0 Å².